The molecule has 1 heterocycles. The van der Waals surface area contributed by atoms with E-state index in [0.717, 1.165) is 11.8 Å². The molecular formula is C15H13F3N2O2. The van der Waals surface area contributed by atoms with E-state index in [1.165, 1.54) is 12.1 Å². The Balaban J connectivity index is 1.99. The lowest BCUT2D eigenvalue weighted by Gasteiger charge is -2.14. The number of ether oxygens (including phenoxy) is 1. The zero-order valence-corrected chi connectivity index (χ0v) is 11.8. The molecule has 0 N–H and O–H groups in total. The molecule has 1 aromatic carbocycles. The molecule has 22 heavy (non-hydrogen) atoms. The third-order valence-electron chi connectivity index (χ3n) is 2.92. The highest BCUT2D eigenvalue weighted by Gasteiger charge is 2.34. The summed E-state index contributed by atoms with van der Waals surface area (Å²) >= 11 is 0. The predicted molar refractivity (Wildman–Crippen MR) is 71.2 cm³/mol. The average Bonchev–Trinajstić information content (AvgIpc) is 2.88. The molecule has 2 rings (SSSR count). The maximum atomic E-state index is 12.9. The van der Waals surface area contributed by atoms with Gasteiger partial charge in [0.1, 0.15) is 11.5 Å². The second-order valence-electron chi connectivity index (χ2n) is 4.71. The average molecular weight is 310 g/mol. The van der Waals surface area contributed by atoms with Crippen molar-refractivity contribution >= 4 is 0 Å². The van der Waals surface area contributed by atoms with Gasteiger partial charge in [0.2, 0.25) is 0 Å². The predicted octanol–water partition coefficient (Wildman–Crippen LogP) is 3.89. The van der Waals surface area contributed by atoms with Crippen molar-refractivity contribution in [3.05, 3.63) is 46.8 Å². The number of nitrogens with zero attached hydrogens (tertiary/aromatic N) is 2. The lowest BCUT2D eigenvalue weighted by Crippen LogP contribution is -2.10. The van der Waals surface area contributed by atoms with Crippen molar-refractivity contribution in [2.45, 2.75) is 25.9 Å². The van der Waals surface area contributed by atoms with E-state index in [-0.39, 0.29) is 17.9 Å². The largest absolute Gasteiger partial charge is 0.493 e. The first kappa shape index (κ1) is 15.9. The smallest absolute Gasteiger partial charge is 0.420 e. The Kier molecular flexibility index (Phi) is 4.71. The second-order valence-corrected chi connectivity index (χ2v) is 4.71. The molecule has 4 nitrogen and oxygen atoms in total. The van der Waals surface area contributed by atoms with E-state index < -0.39 is 11.7 Å². The molecule has 2 aromatic rings. The highest BCUT2D eigenvalue weighted by molar-refractivity contribution is 5.43. The molecule has 1 aromatic heterocycles. The molecule has 0 atom stereocenters. The summed E-state index contributed by atoms with van der Waals surface area (Å²) in [5, 5.41) is 12.4. The number of hydrogen-bond acceptors (Lipinski definition) is 4. The molecule has 0 unspecified atom stereocenters. The van der Waals surface area contributed by atoms with Gasteiger partial charge in [0.05, 0.1) is 29.5 Å². The standard InChI is InChI=1S/C15H13F3N2O2/c1-10-7-12(22-20-10)3-2-6-21-14-5-4-11(9-19)8-13(14)15(16,17)18/h4-5,7-8H,2-3,6H2,1H3. The van der Waals surface area contributed by atoms with Gasteiger partial charge < -0.3 is 9.26 Å². The Labute approximate surface area is 125 Å². The molecule has 0 aliphatic heterocycles. The number of halogens is 3. The molecule has 0 bridgehead atoms. The summed E-state index contributed by atoms with van der Waals surface area (Å²) in [5.41, 5.74) is -0.249. The maximum Gasteiger partial charge on any atom is 0.420 e. The van der Waals surface area contributed by atoms with E-state index in [2.05, 4.69) is 5.16 Å². The van der Waals surface area contributed by atoms with Crippen LogP contribution in [0.15, 0.2) is 28.8 Å². The molecule has 0 spiro atoms. The molecule has 0 aliphatic carbocycles. The molecule has 0 amide bonds. The Bertz CT molecular complexity index is 687. The quantitative estimate of drug-likeness (QED) is 0.786. The number of nitriles is 1. The number of alkyl halides is 3. The van der Waals surface area contributed by atoms with Crippen molar-refractivity contribution in [3.8, 4) is 11.8 Å². The molecule has 0 saturated carbocycles. The van der Waals surface area contributed by atoms with Gasteiger partial charge in [-0.2, -0.15) is 18.4 Å². The van der Waals surface area contributed by atoms with Crippen LogP contribution in [0, 0.1) is 18.3 Å². The second kappa shape index (κ2) is 6.52. The summed E-state index contributed by atoms with van der Waals surface area (Å²) in [4.78, 5) is 0. The number of aromatic nitrogens is 1. The van der Waals surface area contributed by atoms with Gasteiger partial charge in [-0.15, -0.1) is 0 Å². The van der Waals surface area contributed by atoms with Crippen LogP contribution in [0.2, 0.25) is 0 Å². The van der Waals surface area contributed by atoms with Crippen LogP contribution in [-0.2, 0) is 12.6 Å². The van der Waals surface area contributed by atoms with Gasteiger partial charge in [-0.3, -0.25) is 0 Å². The van der Waals surface area contributed by atoms with Crippen molar-refractivity contribution in [1.82, 2.24) is 5.16 Å². The normalized spacial score (nSPS) is 11.2. The first-order chi connectivity index (χ1) is 10.4. The van der Waals surface area contributed by atoms with Crippen molar-refractivity contribution < 1.29 is 22.4 Å². The summed E-state index contributed by atoms with van der Waals surface area (Å²) in [6, 6.07) is 6.70. The topological polar surface area (TPSA) is 59.0 Å². The Hall–Kier alpha value is -2.49. The zero-order chi connectivity index (χ0) is 16.2. The van der Waals surface area contributed by atoms with Gasteiger partial charge in [0.15, 0.2) is 0 Å². The van der Waals surface area contributed by atoms with Crippen molar-refractivity contribution in [1.29, 1.82) is 5.26 Å². The minimum atomic E-state index is -4.57. The van der Waals surface area contributed by atoms with Crippen molar-refractivity contribution in [3.63, 3.8) is 0 Å². The van der Waals surface area contributed by atoms with Gasteiger partial charge >= 0.3 is 6.18 Å². The SMILES string of the molecule is Cc1cc(CCCOc2ccc(C#N)cc2C(F)(F)F)on1. The minimum absolute atomic E-state index is 0.0585. The van der Waals surface area contributed by atoms with Crippen LogP contribution in [0.3, 0.4) is 0 Å². The van der Waals surface area contributed by atoms with Crippen LogP contribution >= 0.6 is 0 Å². The van der Waals surface area contributed by atoms with Crippen LogP contribution in [0.5, 0.6) is 5.75 Å². The highest BCUT2D eigenvalue weighted by atomic mass is 19.4. The van der Waals surface area contributed by atoms with E-state index >= 15 is 0 Å². The fourth-order valence-corrected chi connectivity index (χ4v) is 1.91. The molecule has 7 heteroatoms. The molecule has 0 aliphatic rings. The monoisotopic (exact) mass is 310 g/mol. The van der Waals surface area contributed by atoms with Gasteiger partial charge in [0.25, 0.3) is 0 Å². The van der Waals surface area contributed by atoms with Crippen molar-refractivity contribution in [2.24, 2.45) is 0 Å². The van der Waals surface area contributed by atoms with Crippen LogP contribution < -0.4 is 4.74 Å². The van der Waals surface area contributed by atoms with E-state index in [0.29, 0.717) is 18.6 Å². The van der Waals surface area contributed by atoms with Crippen LogP contribution in [0.1, 0.15) is 29.0 Å². The van der Waals surface area contributed by atoms with Crippen molar-refractivity contribution in [2.75, 3.05) is 6.61 Å². The molecule has 116 valence electrons. The third-order valence-corrected chi connectivity index (χ3v) is 2.92. The summed E-state index contributed by atoms with van der Waals surface area (Å²) in [6.45, 7) is 1.89. The van der Waals surface area contributed by atoms with E-state index in [9.17, 15) is 13.2 Å². The zero-order valence-electron chi connectivity index (χ0n) is 11.8. The van der Waals surface area contributed by atoms with Gasteiger partial charge in [-0.05, 0) is 31.5 Å². The van der Waals surface area contributed by atoms with Crippen LogP contribution in [0.4, 0.5) is 13.2 Å². The number of aryl methyl sites for hydroxylation is 2. The first-order valence-corrected chi connectivity index (χ1v) is 6.56. The fraction of sp³-hybridized carbons (Fsp3) is 0.333. The minimum Gasteiger partial charge on any atom is -0.493 e. The van der Waals surface area contributed by atoms with E-state index in [4.69, 9.17) is 14.5 Å². The first-order valence-electron chi connectivity index (χ1n) is 6.56. The highest BCUT2D eigenvalue weighted by Crippen LogP contribution is 2.36. The summed E-state index contributed by atoms with van der Waals surface area (Å²) in [5.74, 6) is 0.386. The van der Waals surface area contributed by atoms with Gasteiger partial charge in [0, 0.05) is 12.5 Å². The van der Waals surface area contributed by atoms with Gasteiger partial charge in [-0.25, -0.2) is 0 Å². The lowest BCUT2D eigenvalue weighted by atomic mass is 10.1. The van der Waals surface area contributed by atoms with Crippen LogP contribution in [0.25, 0.3) is 0 Å². The molecule has 0 fully saturated rings. The number of rotatable bonds is 5. The molecule has 0 radical (unpaired) electrons. The number of hydrogen-bond donors (Lipinski definition) is 0. The summed E-state index contributed by atoms with van der Waals surface area (Å²) < 4.78 is 49.0. The van der Waals surface area contributed by atoms with E-state index in [1.807, 2.05) is 0 Å². The maximum absolute atomic E-state index is 12.9. The third kappa shape index (κ3) is 4.01. The van der Waals surface area contributed by atoms with E-state index in [1.54, 1.807) is 19.1 Å². The van der Waals surface area contributed by atoms with Crippen LogP contribution in [-0.4, -0.2) is 11.8 Å². The number of benzene rings is 1. The Morgan fingerprint density at radius 1 is 1.32 bits per heavy atom. The Morgan fingerprint density at radius 2 is 2.09 bits per heavy atom. The fourth-order valence-electron chi connectivity index (χ4n) is 1.91. The summed E-state index contributed by atoms with van der Waals surface area (Å²) in [7, 11) is 0. The molecule has 0 saturated heterocycles. The van der Waals surface area contributed by atoms with Gasteiger partial charge in [-0.1, -0.05) is 5.16 Å². The Morgan fingerprint density at radius 3 is 2.68 bits per heavy atom. The lowest BCUT2D eigenvalue weighted by molar-refractivity contribution is -0.139. The summed E-state index contributed by atoms with van der Waals surface area (Å²) in [6.07, 6.45) is -3.55. The molecular weight excluding hydrogens is 297 g/mol.